The lowest BCUT2D eigenvalue weighted by molar-refractivity contribution is 0.380. The summed E-state index contributed by atoms with van der Waals surface area (Å²) in [6.07, 6.45) is 3.81. The summed E-state index contributed by atoms with van der Waals surface area (Å²) in [7, 11) is 1.88. The van der Waals surface area contributed by atoms with E-state index in [1.165, 1.54) is 16.9 Å². The molecule has 1 N–H and O–H groups in total. The number of nitrogens with one attached hydrogen (secondary N) is 1. The Hall–Kier alpha value is -1.95. The van der Waals surface area contributed by atoms with Crippen molar-refractivity contribution in [2.24, 2.45) is 10.9 Å². The molecular weight excluding hydrogens is 342 g/mol. The molecule has 1 atom stereocenters. The van der Waals surface area contributed by atoms with Gasteiger partial charge in [0.1, 0.15) is 0 Å². The first-order valence-electron chi connectivity index (χ1n) is 9.28. The third-order valence-corrected chi connectivity index (χ3v) is 6.23. The van der Waals surface area contributed by atoms with Crippen LogP contribution in [0.2, 0.25) is 0 Å². The molecule has 1 aromatic heterocycles. The normalized spacial score (nSPS) is 18.4. The van der Waals surface area contributed by atoms with E-state index in [-0.39, 0.29) is 0 Å². The average molecular weight is 372 g/mol. The Kier molecular flexibility index (Phi) is 6.61. The highest BCUT2D eigenvalue weighted by molar-refractivity contribution is 8.00. The van der Waals surface area contributed by atoms with Crippen molar-refractivity contribution in [1.82, 2.24) is 20.0 Å². The molecule has 1 saturated heterocycles. The Morgan fingerprint density at radius 3 is 2.92 bits per heavy atom. The lowest BCUT2D eigenvalue weighted by atomic mass is 10.1. The summed E-state index contributed by atoms with van der Waals surface area (Å²) >= 11 is 2.09. The Morgan fingerprint density at radius 2 is 2.19 bits per heavy atom. The molecule has 1 aliphatic rings. The Bertz CT molecular complexity index is 711. The molecule has 0 spiro atoms. The van der Waals surface area contributed by atoms with Crippen LogP contribution >= 0.6 is 11.8 Å². The Morgan fingerprint density at radius 1 is 1.35 bits per heavy atom. The number of nitrogens with zero attached hydrogens (tertiary/aromatic N) is 4. The SMILES string of the molecule is CN=C(NCc1cccc(Cn2cccn2)c1)N1CCSC(C(C)C)C1. The number of hydrogen-bond donors (Lipinski definition) is 1. The predicted molar refractivity (Wildman–Crippen MR) is 111 cm³/mol. The van der Waals surface area contributed by atoms with Gasteiger partial charge in [-0.05, 0) is 23.1 Å². The number of hydrogen-bond acceptors (Lipinski definition) is 3. The van der Waals surface area contributed by atoms with Gasteiger partial charge >= 0.3 is 0 Å². The summed E-state index contributed by atoms with van der Waals surface area (Å²) in [5.74, 6) is 2.87. The highest BCUT2D eigenvalue weighted by Gasteiger charge is 2.24. The van der Waals surface area contributed by atoms with E-state index in [0.29, 0.717) is 11.2 Å². The second-order valence-electron chi connectivity index (χ2n) is 7.02. The van der Waals surface area contributed by atoms with E-state index in [1.807, 2.05) is 30.2 Å². The maximum atomic E-state index is 4.51. The van der Waals surface area contributed by atoms with Gasteiger partial charge in [-0.1, -0.05) is 38.1 Å². The molecule has 0 aliphatic carbocycles. The fraction of sp³-hybridized carbons (Fsp3) is 0.500. The highest BCUT2D eigenvalue weighted by Crippen LogP contribution is 2.24. The molecule has 2 aromatic rings. The van der Waals surface area contributed by atoms with Gasteiger partial charge in [-0.15, -0.1) is 0 Å². The lowest BCUT2D eigenvalue weighted by Crippen LogP contribution is -2.48. The van der Waals surface area contributed by atoms with Crippen molar-refractivity contribution in [3.05, 3.63) is 53.9 Å². The maximum Gasteiger partial charge on any atom is 0.193 e. The van der Waals surface area contributed by atoms with Crippen LogP contribution in [-0.4, -0.2) is 51.8 Å². The van der Waals surface area contributed by atoms with Crippen molar-refractivity contribution in [1.29, 1.82) is 0 Å². The van der Waals surface area contributed by atoms with Gasteiger partial charge in [0.15, 0.2) is 5.96 Å². The molecule has 1 fully saturated rings. The van der Waals surface area contributed by atoms with Gasteiger partial charge in [-0.3, -0.25) is 9.67 Å². The first kappa shape index (κ1) is 18.8. The first-order valence-corrected chi connectivity index (χ1v) is 10.3. The monoisotopic (exact) mass is 371 g/mol. The molecule has 6 heteroatoms. The van der Waals surface area contributed by atoms with E-state index in [0.717, 1.165) is 32.1 Å². The van der Waals surface area contributed by atoms with Crippen LogP contribution < -0.4 is 5.32 Å². The fourth-order valence-corrected chi connectivity index (χ4v) is 4.50. The van der Waals surface area contributed by atoms with Gasteiger partial charge in [0, 0.05) is 50.1 Å². The van der Waals surface area contributed by atoms with Gasteiger partial charge in [-0.25, -0.2) is 0 Å². The Labute approximate surface area is 160 Å². The van der Waals surface area contributed by atoms with Crippen LogP contribution in [0, 0.1) is 5.92 Å². The number of benzene rings is 1. The second kappa shape index (κ2) is 9.12. The molecule has 0 amide bonds. The summed E-state index contributed by atoms with van der Waals surface area (Å²) in [6.45, 7) is 8.34. The lowest BCUT2D eigenvalue weighted by Gasteiger charge is -2.36. The zero-order chi connectivity index (χ0) is 18.4. The number of rotatable bonds is 5. The zero-order valence-corrected chi connectivity index (χ0v) is 16.7. The molecule has 3 rings (SSSR count). The molecule has 0 radical (unpaired) electrons. The molecule has 1 aliphatic heterocycles. The third kappa shape index (κ3) is 5.04. The van der Waals surface area contributed by atoms with Gasteiger partial charge in [0.25, 0.3) is 0 Å². The summed E-state index contributed by atoms with van der Waals surface area (Å²) in [5.41, 5.74) is 2.53. The maximum absolute atomic E-state index is 4.51. The minimum atomic E-state index is 0.680. The van der Waals surface area contributed by atoms with E-state index >= 15 is 0 Å². The predicted octanol–water partition coefficient (Wildman–Crippen LogP) is 3.08. The van der Waals surface area contributed by atoms with Gasteiger partial charge in [-0.2, -0.15) is 16.9 Å². The average Bonchev–Trinajstić information content (AvgIpc) is 3.16. The topological polar surface area (TPSA) is 45.5 Å². The van der Waals surface area contributed by atoms with Crippen molar-refractivity contribution >= 4 is 17.7 Å². The van der Waals surface area contributed by atoms with E-state index in [9.17, 15) is 0 Å². The van der Waals surface area contributed by atoms with Gasteiger partial charge in [0.2, 0.25) is 0 Å². The smallest absolute Gasteiger partial charge is 0.193 e. The minimum absolute atomic E-state index is 0.680. The van der Waals surface area contributed by atoms with E-state index < -0.39 is 0 Å². The standard InChI is InChI=1S/C20H29N5S/c1-16(2)19-15-24(10-11-26-19)20(21-3)22-13-17-6-4-7-18(12-17)14-25-9-5-8-23-25/h4-9,12,16,19H,10-11,13-15H2,1-3H3,(H,21,22). The molecule has 0 saturated carbocycles. The molecule has 140 valence electrons. The molecule has 1 aromatic carbocycles. The van der Waals surface area contributed by atoms with Crippen molar-refractivity contribution in [2.75, 3.05) is 25.9 Å². The van der Waals surface area contributed by atoms with Crippen LogP contribution in [0.1, 0.15) is 25.0 Å². The van der Waals surface area contributed by atoms with Crippen LogP contribution in [0.15, 0.2) is 47.7 Å². The molecule has 1 unspecified atom stereocenters. The summed E-state index contributed by atoms with van der Waals surface area (Å²) < 4.78 is 1.95. The minimum Gasteiger partial charge on any atom is -0.352 e. The molecular formula is C20H29N5S. The second-order valence-corrected chi connectivity index (χ2v) is 8.37. The van der Waals surface area contributed by atoms with Crippen molar-refractivity contribution in [2.45, 2.75) is 32.2 Å². The van der Waals surface area contributed by atoms with E-state index in [2.05, 4.69) is 70.2 Å². The molecule has 0 bridgehead atoms. The quantitative estimate of drug-likeness (QED) is 0.648. The number of guanidine groups is 1. The zero-order valence-electron chi connectivity index (χ0n) is 15.9. The van der Waals surface area contributed by atoms with E-state index in [4.69, 9.17) is 0 Å². The first-order chi connectivity index (χ1) is 12.7. The van der Waals surface area contributed by atoms with Crippen molar-refractivity contribution in [3.8, 4) is 0 Å². The number of aromatic nitrogens is 2. The molecule has 2 heterocycles. The Balaban J connectivity index is 1.58. The third-order valence-electron chi connectivity index (χ3n) is 4.69. The number of thioether (sulfide) groups is 1. The van der Waals surface area contributed by atoms with Gasteiger partial charge in [0.05, 0.1) is 6.54 Å². The summed E-state index contributed by atoms with van der Waals surface area (Å²) in [4.78, 5) is 6.91. The van der Waals surface area contributed by atoms with Crippen molar-refractivity contribution in [3.63, 3.8) is 0 Å². The summed E-state index contributed by atoms with van der Waals surface area (Å²) in [6, 6.07) is 10.6. The summed E-state index contributed by atoms with van der Waals surface area (Å²) in [5, 5.41) is 8.51. The molecule has 5 nitrogen and oxygen atoms in total. The van der Waals surface area contributed by atoms with Gasteiger partial charge < -0.3 is 10.2 Å². The fourth-order valence-electron chi connectivity index (χ4n) is 3.20. The molecule has 26 heavy (non-hydrogen) atoms. The van der Waals surface area contributed by atoms with Crippen LogP contribution in [0.5, 0.6) is 0 Å². The highest BCUT2D eigenvalue weighted by atomic mass is 32.2. The number of aliphatic imine (C=N–C) groups is 1. The largest absolute Gasteiger partial charge is 0.352 e. The van der Waals surface area contributed by atoms with Crippen LogP contribution in [0.25, 0.3) is 0 Å². The van der Waals surface area contributed by atoms with Crippen LogP contribution in [-0.2, 0) is 13.1 Å². The van der Waals surface area contributed by atoms with Crippen LogP contribution in [0.4, 0.5) is 0 Å². The van der Waals surface area contributed by atoms with Crippen molar-refractivity contribution < 1.29 is 0 Å². The van der Waals surface area contributed by atoms with E-state index in [1.54, 1.807) is 0 Å². The van der Waals surface area contributed by atoms with Crippen LogP contribution in [0.3, 0.4) is 0 Å².